The van der Waals surface area contributed by atoms with Gasteiger partial charge in [0.2, 0.25) is 5.43 Å². The average molecular weight is 287 g/mol. The molecule has 0 amide bonds. The second kappa shape index (κ2) is 4.81. The molecule has 0 bridgehead atoms. The van der Waals surface area contributed by atoms with Gasteiger partial charge in [-0.2, -0.15) is 0 Å². The largest absolute Gasteiger partial charge is 0.335 e. The second-order valence-corrected chi connectivity index (χ2v) is 5.45. The number of hydrogen-bond donors (Lipinski definition) is 2. The second-order valence-electron chi connectivity index (χ2n) is 4.39. The van der Waals surface area contributed by atoms with Gasteiger partial charge < -0.3 is 10.3 Å². The SMILES string of the molecule is CCN1C(=Cc2c(NN)c(=O)c2=O)Sc2ccccc21. The number of nitrogens with one attached hydrogen (secondary N) is 1. The molecule has 0 spiro atoms. The molecular weight excluding hydrogens is 274 g/mol. The van der Waals surface area contributed by atoms with Crippen LogP contribution in [0.25, 0.3) is 6.08 Å². The first kappa shape index (κ1) is 13.0. The summed E-state index contributed by atoms with van der Waals surface area (Å²) in [5, 5.41) is 0.928. The molecule has 6 heteroatoms. The summed E-state index contributed by atoms with van der Waals surface area (Å²) >= 11 is 1.58. The van der Waals surface area contributed by atoms with Crippen molar-refractivity contribution in [2.24, 2.45) is 5.84 Å². The van der Waals surface area contributed by atoms with Crippen LogP contribution in [0, 0.1) is 0 Å². The molecule has 102 valence electrons. The maximum Gasteiger partial charge on any atom is 0.251 e. The van der Waals surface area contributed by atoms with Crippen molar-refractivity contribution >= 4 is 29.2 Å². The Hall–Kier alpha value is -2.05. The van der Waals surface area contributed by atoms with E-state index >= 15 is 0 Å². The molecule has 1 aliphatic heterocycles. The number of benzene rings is 1. The molecule has 0 unspecified atom stereocenters. The summed E-state index contributed by atoms with van der Waals surface area (Å²) in [6.07, 6.45) is 1.73. The first-order chi connectivity index (χ1) is 9.67. The highest BCUT2D eigenvalue weighted by molar-refractivity contribution is 8.03. The van der Waals surface area contributed by atoms with Crippen LogP contribution in [0.5, 0.6) is 0 Å². The summed E-state index contributed by atoms with van der Waals surface area (Å²) in [4.78, 5) is 26.2. The molecule has 0 aromatic heterocycles. The van der Waals surface area contributed by atoms with Crippen molar-refractivity contribution in [3.8, 4) is 0 Å². The Morgan fingerprint density at radius 3 is 2.75 bits per heavy atom. The molecule has 0 aliphatic carbocycles. The Balaban J connectivity index is 2.04. The zero-order chi connectivity index (χ0) is 14.3. The molecule has 3 rings (SSSR count). The number of nitrogens with two attached hydrogens (primary N) is 1. The number of anilines is 2. The van der Waals surface area contributed by atoms with Crippen LogP contribution < -0.4 is 27.0 Å². The number of hydrazine groups is 1. The van der Waals surface area contributed by atoms with Gasteiger partial charge in [0.1, 0.15) is 5.69 Å². The molecular formula is C14H13N3O2S. The summed E-state index contributed by atoms with van der Waals surface area (Å²) in [6.45, 7) is 2.83. The monoisotopic (exact) mass is 287 g/mol. The smallest absolute Gasteiger partial charge is 0.251 e. The minimum atomic E-state index is -0.553. The predicted octanol–water partition coefficient (Wildman–Crippen LogP) is 1.50. The standard InChI is InChI=1S/C14H13N3O2S/c1-2-17-9-5-3-4-6-10(9)20-11(17)7-8-12(16-15)14(19)13(8)18/h3-7,16H,2,15H2,1H3. The van der Waals surface area contributed by atoms with Crippen LogP contribution in [0.2, 0.25) is 0 Å². The topological polar surface area (TPSA) is 75.4 Å². The lowest BCUT2D eigenvalue weighted by atomic mass is 10.1. The zero-order valence-electron chi connectivity index (χ0n) is 10.8. The highest BCUT2D eigenvalue weighted by Crippen LogP contribution is 2.46. The van der Waals surface area contributed by atoms with Crippen molar-refractivity contribution in [1.29, 1.82) is 0 Å². The van der Waals surface area contributed by atoms with Gasteiger partial charge in [-0.3, -0.25) is 15.4 Å². The Morgan fingerprint density at radius 1 is 1.30 bits per heavy atom. The minimum absolute atomic E-state index is 0.190. The van der Waals surface area contributed by atoms with Gasteiger partial charge in [0.25, 0.3) is 5.43 Å². The van der Waals surface area contributed by atoms with Gasteiger partial charge in [-0.15, -0.1) is 0 Å². The van der Waals surface area contributed by atoms with Crippen LogP contribution in [0.3, 0.4) is 0 Å². The van der Waals surface area contributed by atoms with E-state index in [0.717, 1.165) is 22.2 Å². The van der Waals surface area contributed by atoms with Crippen molar-refractivity contribution in [1.82, 2.24) is 0 Å². The maximum atomic E-state index is 11.6. The molecule has 20 heavy (non-hydrogen) atoms. The highest BCUT2D eigenvalue weighted by Gasteiger charge is 2.26. The molecule has 3 N–H and O–H groups in total. The Bertz CT molecular complexity index is 775. The molecule has 0 radical (unpaired) electrons. The van der Waals surface area contributed by atoms with E-state index < -0.39 is 10.9 Å². The predicted molar refractivity (Wildman–Crippen MR) is 82.5 cm³/mol. The Kier molecular flexibility index (Phi) is 3.11. The number of hydrogen-bond acceptors (Lipinski definition) is 6. The van der Waals surface area contributed by atoms with Crippen molar-refractivity contribution in [2.45, 2.75) is 11.8 Å². The van der Waals surface area contributed by atoms with Gasteiger partial charge in [0, 0.05) is 11.4 Å². The van der Waals surface area contributed by atoms with Gasteiger partial charge in [0.15, 0.2) is 0 Å². The lowest BCUT2D eigenvalue weighted by Crippen LogP contribution is -2.38. The van der Waals surface area contributed by atoms with Gasteiger partial charge in [-0.05, 0) is 25.1 Å². The van der Waals surface area contributed by atoms with E-state index in [9.17, 15) is 9.59 Å². The van der Waals surface area contributed by atoms with Crippen molar-refractivity contribution < 1.29 is 0 Å². The van der Waals surface area contributed by atoms with Gasteiger partial charge in [0.05, 0.1) is 16.3 Å². The Labute approximate surface area is 119 Å². The van der Waals surface area contributed by atoms with E-state index in [1.165, 1.54) is 0 Å². The maximum absolute atomic E-state index is 11.6. The third-order valence-electron chi connectivity index (χ3n) is 3.31. The van der Waals surface area contributed by atoms with E-state index in [0.29, 0.717) is 5.56 Å². The number of para-hydroxylation sites is 1. The molecule has 2 aromatic carbocycles. The number of nitrogens with zero attached hydrogens (tertiary/aromatic N) is 1. The van der Waals surface area contributed by atoms with E-state index in [1.54, 1.807) is 17.8 Å². The lowest BCUT2D eigenvalue weighted by molar-refractivity contribution is 1.01. The van der Waals surface area contributed by atoms with E-state index in [4.69, 9.17) is 5.84 Å². The van der Waals surface area contributed by atoms with Crippen molar-refractivity contribution in [3.05, 3.63) is 55.3 Å². The molecule has 0 atom stereocenters. The zero-order valence-corrected chi connectivity index (χ0v) is 11.7. The molecule has 5 nitrogen and oxygen atoms in total. The van der Waals surface area contributed by atoms with Crippen LogP contribution in [0.1, 0.15) is 12.5 Å². The van der Waals surface area contributed by atoms with Crippen LogP contribution >= 0.6 is 11.8 Å². The van der Waals surface area contributed by atoms with Gasteiger partial charge in [-0.1, -0.05) is 23.9 Å². The van der Waals surface area contributed by atoms with Gasteiger partial charge >= 0.3 is 0 Å². The average Bonchev–Trinajstić information content (AvgIpc) is 2.83. The lowest BCUT2D eigenvalue weighted by Gasteiger charge is -2.18. The number of fused-ring (bicyclic) bond motifs is 1. The number of rotatable bonds is 3. The van der Waals surface area contributed by atoms with E-state index in [2.05, 4.69) is 10.3 Å². The molecule has 0 fully saturated rings. The van der Waals surface area contributed by atoms with Crippen LogP contribution in [0.15, 0.2) is 43.8 Å². The normalized spacial score (nSPS) is 15.9. The quantitative estimate of drug-likeness (QED) is 0.506. The number of nitrogen functional groups attached to an aromatic ring is 1. The highest BCUT2D eigenvalue weighted by atomic mass is 32.2. The first-order valence-electron chi connectivity index (χ1n) is 6.23. The van der Waals surface area contributed by atoms with Crippen LogP contribution in [-0.4, -0.2) is 6.54 Å². The first-order valence-corrected chi connectivity index (χ1v) is 7.05. The summed E-state index contributed by atoms with van der Waals surface area (Å²) in [5.74, 6) is 5.27. The third kappa shape index (κ3) is 1.76. The summed E-state index contributed by atoms with van der Waals surface area (Å²) < 4.78 is 0. The molecule has 0 saturated carbocycles. The summed E-state index contributed by atoms with van der Waals surface area (Å²) in [5.41, 5.74) is 2.92. The molecule has 1 heterocycles. The fourth-order valence-electron chi connectivity index (χ4n) is 2.30. The van der Waals surface area contributed by atoms with Crippen molar-refractivity contribution in [3.63, 3.8) is 0 Å². The number of thioether (sulfide) groups is 1. The van der Waals surface area contributed by atoms with Crippen molar-refractivity contribution in [2.75, 3.05) is 16.9 Å². The Morgan fingerprint density at radius 2 is 2.05 bits per heavy atom. The third-order valence-corrected chi connectivity index (χ3v) is 4.42. The fraction of sp³-hybridized carbons (Fsp3) is 0.143. The molecule has 2 aromatic rings. The fourth-order valence-corrected chi connectivity index (χ4v) is 3.47. The van der Waals surface area contributed by atoms with E-state index in [1.807, 2.05) is 31.2 Å². The van der Waals surface area contributed by atoms with Crippen LogP contribution in [-0.2, 0) is 0 Å². The molecule has 1 aliphatic rings. The summed E-state index contributed by atoms with van der Waals surface area (Å²) in [7, 11) is 0. The van der Waals surface area contributed by atoms with Gasteiger partial charge in [-0.25, -0.2) is 0 Å². The van der Waals surface area contributed by atoms with Crippen LogP contribution in [0.4, 0.5) is 11.4 Å². The summed E-state index contributed by atoms with van der Waals surface area (Å²) in [6, 6.07) is 8.03. The minimum Gasteiger partial charge on any atom is -0.335 e. The van der Waals surface area contributed by atoms with E-state index in [-0.39, 0.29) is 5.69 Å². The molecule has 0 saturated heterocycles.